The van der Waals surface area contributed by atoms with Gasteiger partial charge in [0.1, 0.15) is 5.82 Å². The molecular weight excluding hydrogens is 412 g/mol. The van der Waals surface area contributed by atoms with Crippen LogP contribution in [-0.4, -0.2) is 33.3 Å². The minimum Gasteiger partial charge on any atom is -0.463 e. The fourth-order valence-electron chi connectivity index (χ4n) is 3.65. The van der Waals surface area contributed by atoms with Gasteiger partial charge in [0.2, 0.25) is 0 Å². The second-order valence-electron chi connectivity index (χ2n) is 6.79. The highest BCUT2D eigenvalue weighted by atomic mass is 32.2. The number of thioether (sulfide) groups is 1. The van der Waals surface area contributed by atoms with E-state index < -0.39 is 11.9 Å². The Morgan fingerprint density at radius 2 is 1.97 bits per heavy atom. The molecule has 0 bridgehead atoms. The number of fused-ring (bicyclic) bond motifs is 1. The van der Waals surface area contributed by atoms with Crippen LogP contribution in [0.4, 0.5) is 5.82 Å². The third-order valence-electron chi connectivity index (χ3n) is 4.88. The quantitative estimate of drug-likeness (QED) is 0.346. The Kier molecular flexibility index (Phi) is 6.18. The number of nitrogens with one attached hydrogen (secondary N) is 2. The summed E-state index contributed by atoms with van der Waals surface area (Å²) >= 11 is 1.44. The standard InChI is InChI=1S/C23H22N4O3S/c1-3-30-22(29)17-16(15-11-8-12-24-13-15)18-20(26-23(31-4-2)27-21(18)28)25-19(17)14-9-6-5-7-10-14/h5-13,16H,3-4H2,1-2H3,(H2,25,26,27,28). The molecule has 1 aliphatic rings. The molecule has 1 aliphatic heterocycles. The van der Waals surface area contributed by atoms with E-state index >= 15 is 0 Å². The van der Waals surface area contributed by atoms with Crippen molar-refractivity contribution >= 4 is 29.2 Å². The van der Waals surface area contributed by atoms with E-state index in [1.807, 2.05) is 43.3 Å². The summed E-state index contributed by atoms with van der Waals surface area (Å²) in [5.74, 6) is 0.0415. The monoisotopic (exact) mass is 434 g/mol. The van der Waals surface area contributed by atoms with Crippen molar-refractivity contribution in [3.8, 4) is 0 Å². The number of benzene rings is 1. The highest BCUT2D eigenvalue weighted by Crippen LogP contribution is 2.42. The number of carbonyl (C=O) groups excluding carboxylic acids is 1. The van der Waals surface area contributed by atoms with Gasteiger partial charge in [-0.15, -0.1) is 0 Å². The van der Waals surface area contributed by atoms with Gasteiger partial charge in [-0.2, -0.15) is 0 Å². The Balaban J connectivity index is 2.02. The average molecular weight is 435 g/mol. The number of anilines is 1. The largest absolute Gasteiger partial charge is 0.463 e. The van der Waals surface area contributed by atoms with Gasteiger partial charge in [0.15, 0.2) is 5.16 Å². The maximum Gasteiger partial charge on any atom is 0.337 e. The summed E-state index contributed by atoms with van der Waals surface area (Å²) in [6, 6.07) is 13.1. The van der Waals surface area contributed by atoms with Crippen LogP contribution in [-0.2, 0) is 9.53 Å². The number of H-pyrrole nitrogens is 1. The molecule has 8 heteroatoms. The predicted molar refractivity (Wildman–Crippen MR) is 121 cm³/mol. The Morgan fingerprint density at radius 3 is 2.65 bits per heavy atom. The topological polar surface area (TPSA) is 97.0 Å². The van der Waals surface area contributed by atoms with Crippen molar-refractivity contribution in [2.75, 3.05) is 17.7 Å². The molecule has 0 fully saturated rings. The smallest absolute Gasteiger partial charge is 0.337 e. The van der Waals surface area contributed by atoms with Gasteiger partial charge in [-0.05, 0) is 29.9 Å². The Bertz CT molecular complexity index is 1180. The lowest BCUT2D eigenvalue weighted by molar-refractivity contribution is -0.138. The fraction of sp³-hybridized carbons (Fsp3) is 0.217. The van der Waals surface area contributed by atoms with Crippen molar-refractivity contribution in [3.63, 3.8) is 0 Å². The van der Waals surface area contributed by atoms with Gasteiger partial charge in [-0.25, -0.2) is 9.78 Å². The van der Waals surface area contributed by atoms with E-state index in [4.69, 9.17) is 4.74 Å². The van der Waals surface area contributed by atoms with E-state index in [1.54, 1.807) is 25.4 Å². The second kappa shape index (κ2) is 9.18. The SMILES string of the molecule is CCOC(=O)C1=C(c2ccccc2)Nc2nc(SCC)[nH]c(=O)c2C1c1cccnc1. The molecule has 0 spiro atoms. The Hall–Kier alpha value is -3.39. The third-order valence-corrected chi connectivity index (χ3v) is 5.64. The van der Waals surface area contributed by atoms with Crippen molar-refractivity contribution in [2.45, 2.75) is 24.9 Å². The van der Waals surface area contributed by atoms with Crippen LogP contribution >= 0.6 is 11.8 Å². The number of esters is 1. The van der Waals surface area contributed by atoms with E-state index in [2.05, 4.69) is 20.3 Å². The van der Waals surface area contributed by atoms with Gasteiger partial charge in [0.05, 0.1) is 29.4 Å². The lowest BCUT2D eigenvalue weighted by Crippen LogP contribution is -2.31. The number of carbonyl (C=O) groups is 1. The number of aromatic amines is 1. The number of rotatable bonds is 6. The van der Waals surface area contributed by atoms with Crippen LogP contribution in [0.5, 0.6) is 0 Å². The van der Waals surface area contributed by atoms with Gasteiger partial charge < -0.3 is 15.0 Å². The molecule has 1 atom stereocenters. The van der Waals surface area contributed by atoms with Crippen LogP contribution in [0.15, 0.2) is 70.4 Å². The summed E-state index contributed by atoms with van der Waals surface area (Å²) in [5, 5.41) is 3.78. The van der Waals surface area contributed by atoms with Gasteiger partial charge in [0.25, 0.3) is 5.56 Å². The number of hydrogen-bond acceptors (Lipinski definition) is 7. The maximum atomic E-state index is 13.2. The summed E-state index contributed by atoms with van der Waals surface area (Å²) in [6.45, 7) is 3.97. The van der Waals surface area contributed by atoms with Gasteiger partial charge in [0, 0.05) is 12.4 Å². The van der Waals surface area contributed by atoms with Crippen LogP contribution in [0.2, 0.25) is 0 Å². The predicted octanol–water partition coefficient (Wildman–Crippen LogP) is 3.81. The lowest BCUT2D eigenvalue weighted by atomic mass is 9.81. The molecule has 4 rings (SSSR count). The molecule has 0 aliphatic carbocycles. The molecule has 3 aromatic rings. The summed E-state index contributed by atoms with van der Waals surface area (Å²) in [7, 11) is 0. The molecule has 2 N–H and O–H groups in total. The van der Waals surface area contributed by atoms with Gasteiger partial charge in [-0.1, -0.05) is 55.1 Å². The van der Waals surface area contributed by atoms with Crippen LogP contribution < -0.4 is 10.9 Å². The zero-order valence-electron chi connectivity index (χ0n) is 17.2. The van der Waals surface area contributed by atoms with Gasteiger partial charge >= 0.3 is 5.97 Å². The first-order chi connectivity index (χ1) is 15.1. The summed E-state index contributed by atoms with van der Waals surface area (Å²) in [6.07, 6.45) is 3.32. The van der Waals surface area contributed by atoms with Crippen molar-refractivity contribution < 1.29 is 9.53 Å². The highest BCUT2D eigenvalue weighted by Gasteiger charge is 2.38. The molecule has 3 heterocycles. The molecule has 7 nitrogen and oxygen atoms in total. The van der Waals surface area contributed by atoms with E-state index in [0.717, 1.165) is 11.3 Å². The first kappa shape index (κ1) is 20.9. The highest BCUT2D eigenvalue weighted by molar-refractivity contribution is 7.99. The fourth-order valence-corrected chi connectivity index (χ4v) is 4.24. The molecule has 0 amide bonds. The van der Waals surface area contributed by atoms with E-state index in [-0.39, 0.29) is 12.2 Å². The average Bonchev–Trinajstić information content (AvgIpc) is 2.79. The summed E-state index contributed by atoms with van der Waals surface area (Å²) < 4.78 is 5.41. The zero-order valence-corrected chi connectivity index (χ0v) is 18.0. The van der Waals surface area contributed by atoms with E-state index in [9.17, 15) is 9.59 Å². The Labute approximate surface area is 184 Å². The number of ether oxygens (including phenoxy) is 1. The minimum atomic E-state index is -0.670. The molecule has 31 heavy (non-hydrogen) atoms. The normalized spacial score (nSPS) is 15.2. The summed E-state index contributed by atoms with van der Waals surface area (Å²) in [5.41, 5.74) is 2.52. The molecule has 158 valence electrons. The van der Waals surface area contributed by atoms with Crippen LogP contribution in [0, 0.1) is 0 Å². The number of pyridine rings is 1. The summed E-state index contributed by atoms with van der Waals surface area (Å²) in [4.78, 5) is 38.1. The lowest BCUT2D eigenvalue weighted by Gasteiger charge is -2.30. The Morgan fingerprint density at radius 1 is 1.16 bits per heavy atom. The van der Waals surface area contributed by atoms with Gasteiger partial charge in [-0.3, -0.25) is 9.78 Å². The molecule has 0 radical (unpaired) electrons. The first-order valence-corrected chi connectivity index (χ1v) is 11.0. The second-order valence-corrected chi connectivity index (χ2v) is 8.04. The molecule has 1 aromatic carbocycles. The minimum absolute atomic E-state index is 0.220. The van der Waals surface area contributed by atoms with Crippen LogP contribution in [0.25, 0.3) is 5.70 Å². The number of aromatic nitrogens is 3. The molecule has 0 saturated heterocycles. The zero-order chi connectivity index (χ0) is 21.8. The van der Waals surface area contributed by atoms with E-state index in [1.165, 1.54) is 11.8 Å². The van der Waals surface area contributed by atoms with Crippen molar-refractivity contribution in [1.29, 1.82) is 0 Å². The molecule has 2 aromatic heterocycles. The number of hydrogen-bond donors (Lipinski definition) is 2. The van der Waals surface area contributed by atoms with E-state index in [0.29, 0.717) is 33.4 Å². The molecule has 0 saturated carbocycles. The maximum absolute atomic E-state index is 13.2. The van der Waals surface area contributed by atoms with Crippen molar-refractivity contribution in [2.24, 2.45) is 0 Å². The third kappa shape index (κ3) is 4.11. The van der Waals surface area contributed by atoms with Crippen molar-refractivity contribution in [3.05, 3.63) is 87.5 Å². The van der Waals surface area contributed by atoms with Crippen LogP contribution in [0.3, 0.4) is 0 Å². The van der Waals surface area contributed by atoms with Crippen molar-refractivity contribution in [1.82, 2.24) is 15.0 Å². The first-order valence-electron chi connectivity index (χ1n) is 10.0. The van der Waals surface area contributed by atoms with Crippen LogP contribution in [0.1, 0.15) is 36.5 Å². The number of nitrogens with zero attached hydrogens (tertiary/aromatic N) is 2. The molecule has 1 unspecified atom stereocenters. The molecular formula is C23H22N4O3S.